The number of benzene rings is 3. The first-order valence-electron chi connectivity index (χ1n) is 9.38. The molecule has 1 N–H and O–H groups in total. The number of anilines is 1. The van der Waals surface area contributed by atoms with Crippen LogP contribution < -0.4 is 5.32 Å². The minimum atomic E-state index is -0.382. The maximum absolute atomic E-state index is 13.3. The zero-order valence-electron chi connectivity index (χ0n) is 15.5. The highest BCUT2D eigenvalue weighted by atomic mass is 19.1. The summed E-state index contributed by atoms with van der Waals surface area (Å²) in [5, 5.41) is 3.75. The van der Waals surface area contributed by atoms with Crippen LogP contribution >= 0.6 is 0 Å². The summed E-state index contributed by atoms with van der Waals surface area (Å²) in [6.45, 7) is 0.443. The van der Waals surface area contributed by atoms with Crippen molar-refractivity contribution in [1.29, 1.82) is 0 Å². The first-order valence-corrected chi connectivity index (χ1v) is 9.38. The van der Waals surface area contributed by atoms with E-state index in [0.29, 0.717) is 12.2 Å². The second kappa shape index (κ2) is 6.98. The second-order valence-corrected chi connectivity index (χ2v) is 6.86. The highest BCUT2D eigenvalue weighted by Gasteiger charge is 2.15. The molecule has 3 aromatic carbocycles. The van der Waals surface area contributed by atoms with E-state index in [9.17, 15) is 9.18 Å². The minimum absolute atomic E-state index is 0.185. The van der Waals surface area contributed by atoms with Crippen molar-refractivity contribution in [2.75, 3.05) is 5.32 Å². The Kier molecular flexibility index (Phi) is 4.17. The van der Waals surface area contributed by atoms with Crippen molar-refractivity contribution in [1.82, 2.24) is 14.5 Å². The number of carbonyl (C=O) groups is 1. The van der Waals surface area contributed by atoms with Crippen molar-refractivity contribution in [3.63, 3.8) is 0 Å². The average Bonchev–Trinajstić information content (AvgIpc) is 3.03. The molecule has 2 heterocycles. The molecule has 5 nitrogen and oxygen atoms in total. The third-order valence-electron chi connectivity index (χ3n) is 4.93. The van der Waals surface area contributed by atoms with Crippen molar-refractivity contribution >= 4 is 44.7 Å². The van der Waals surface area contributed by atoms with Gasteiger partial charge >= 0.3 is 0 Å². The third-order valence-corrected chi connectivity index (χ3v) is 4.93. The fourth-order valence-corrected chi connectivity index (χ4v) is 3.61. The van der Waals surface area contributed by atoms with E-state index < -0.39 is 0 Å². The van der Waals surface area contributed by atoms with Gasteiger partial charge in [-0.05, 0) is 36.4 Å². The third kappa shape index (κ3) is 3.18. The maximum Gasteiger partial charge on any atom is 0.226 e. The number of nitrogens with one attached hydrogen (secondary N) is 1. The lowest BCUT2D eigenvalue weighted by atomic mass is 10.2. The summed E-state index contributed by atoms with van der Waals surface area (Å²) in [4.78, 5) is 22.0. The van der Waals surface area contributed by atoms with Crippen LogP contribution in [-0.2, 0) is 11.3 Å². The van der Waals surface area contributed by atoms with Gasteiger partial charge in [0.1, 0.15) is 11.3 Å². The number of para-hydroxylation sites is 3. The Morgan fingerprint density at radius 2 is 1.69 bits per heavy atom. The molecular formula is C23H17FN4O. The van der Waals surface area contributed by atoms with E-state index in [-0.39, 0.29) is 18.1 Å². The number of hydrogen-bond donors (Lipinski definition) is 1. The molecule has 0 saturated heterocycles. The SMILES string of the molecule is O=C(CCn1c2ccccc2c2nc3ccccc3nc21)Nc1cccc(F)c1. The number of fused-ring (bicyclic) bond motifs is 4. The molecule has 0 saturated carbocycles. The van der Waals surface area contributed by atoms with Crippen molar-refractivity contribution in [3.05, 3.63) is 78.6 Å². The zero-order chi connectivity index (χ0) is 19.8. The zero-order valence-corrected chi connectivity index (χ0v) is 15.5. The Labute approximate surface area is 165 Å². The molecular weight excluding hydrogens is 367 g/mol. The van der Waals surface area contributed by atoms with Gasteiger partial charge < -0.3 is 9.88 Å². The summed E-state index contributed by atoms with van der Waals surface area (Å²) < 4.78 is 15.4. The summed E-state index contributed by atoms with van der Waals surface area (Å²) >= 11 is 0. The lowest BCUT2D eigenvalue weighted by Gasteiger charge is -2.08. The number of amides is 1. The molecule has 6 heteroatoms. The van der Waals surface area contributed by atoms with Gasteiger partial charge in [0.25, 0.3) is 0 Å². The summed E-state index contributed by atoms with van der Waals surface area (Å²) in [5.41, 5.74) is 4.66. The van der Waals surface area contributed by atoms with Crippen LogP contribution in [0.15, 0.2) is 72.8 Å². The molecule has 1 amide bonds. The normalized spacial score (nSPS) is 11.3. The van der Waals surface area contributed by atoms with Gasteiger partial charge in [0.15, 0.2) is 5.65 Å². The van der Waals surface area contributed by atoms with E-state index in [1.807, 2.05) is 53.1 Å². The quantitative estimate of drug-likeness (QED) is 0.479. The number of aryl methyl sites for hydroxylation is 1. The van der Waals surface area contributed by atoms with Crippen LogP contribution in [0.5, 0.6) is 0 Å². The monoisotopic (exact) mass is 384 g/mol. The van der Waals surface area contributed by atoms with E-state index in [2.05, 4.69) is 5.32 Å². The topological polar surface area (TPSA) is 59.8 Å². The van der Waals surface area contributed by atoms with E-state index >= 15 is 0 Å². The van der Waals surface area contributed by atoms with Gasteiger partial charge in [-0.1, -0.05) is 36.4 Å². The number of carbonyl (C=O) groups excluding carboxylic acids is 1. The molecule has 5 rings (SSSR count). The summed E-state index contributed by atoms with van der Waals surface area (Å²) in [6.07, 6.45) is 0.235. The van der Waals surface area contributed by atoms with Crippen LogP contribution in [0, 0.1) is 5.82 Å². The van der Waals surface area contributed by atoms with E-state index in [1.54, 1.807) is 12.1 Å². The Morgan fingerprint density at radius 3 is 2.52 bits per heavy atom. The molecule has 142 valence electrons. The fourth-order valence-electron chi connectivity index (χ4n) is 3.61. The summed E-state index contributed by atoms with van der Waals surface area (Å²) in [7, 11) is 0. The molecule has 2 aromatic heterocycles. The summed E-state index contributed by atoms with van der Waals surface area (Å²) in [5.74, 6) is -0.567. The predicted octanol–water partition coefficient (Wildman–Crippen LogP) is 4.91. The first-order chi connectivity index (χ1) is 14.2. The predicted molar refractivity (Wildman–Crippen MR) is 112 cm³/mol. The minimum Gasteiger partial charge on any atom is -0.326 e. The highest BCUT2D eigenvalue weighted by Crippen LogP contribution is 2.28. The molecule has 0 bridgehead atoms. The average molecular weight is 384 g/mol. The number of halogens is 1. The molecule has 5 aromatic rings. The number of aromatic nitrogens is 3. The van der Waals surface area contributed by atoms with Gasteiger partial charge in [0.2, 0.25) is 5.91 Å². The fraction of sp³-hybridized carbons (Fsp3) is 0.0870. The van der Waals surface area contributed by atoms with Crippen LogP contribution in [0.3, 0.4) is 0 Å². The standard InChI is InChI=1S/C23H17FN4O/c24-15-6-5-7-16(14-15)25-21(29)12-13-28-20-11-4-1-8-17(20)22-23(28)27-19-10-3-2-9-18(19)26-22/h1-11,14H,12-13H2,(H,25,29). The smallest absolute Gasteiger partial charge is 0.226 e. The number of nitrogens with zero attached hydrogens (tertiary/aromatic N) is 3. The van der Waals surface area contributed by atoms with Gasteiger partial charge in [-0.2, -0.15) is 0 Å². The Bertz CT molecular complexity index is 1380. The first kappa shape index (κ1) is 17.3. The molecule has 0 fully saturated rings. The molecule has 0 aliphatic heterocycles. The van der Waals surface area contributed by atoms with Crippen molar-refractivity contribution < 1.29 is 9.18 Å². The molecule has 0 spiro atoms. The second-order valence-electron chi connectivity index (χ2n) is 6.86. The lowest BCUT2D eigenvalue weighted by Crippen LogP contribution is -2.14. The Morgan fingerprint density at radius 1 is 0.931 bits per heavy atom. The van der Waals surface area contributed by atoms with Crippen molar-refractivity contribution in [2.24, 2.45) is 0 Å². The van der Waals surface area contributed by atoms with Crippen LogP contribution in [0.1, 0.15) is 6.42 Å². The maximum atomic E-state index is 13.3. The van der Waals surface area contributed by atoms with Crippen LogP contribution in [-0.4, -0.2) is 20.4 Å². The van der Waals surface area contributed by atoms with Gasteiger partial charge in [0, 0.05) is 24.0 Å². The van der Waals surface area contributed by atoms with Crippen molar-refractivity contribution in [2.45, 2.75) is 13.0 Å². The molecule has 0 unspecified atom stereocenters. The van der Waals surface area contributed by atoms with Gasteiger partial charge in [-0.3, -0.25) is 4.79 Å². The van der Waals surface area contributed by atoms with E-state index in [1.165, 1.54) is 12.1 Å². The van der Waals surface area contributed by atoms with Crippen LogP contribution in [0.25, 0.3) is 33.1 Å². The molecule has 29 heavy (non-hydrogen) atoms. The van der Waals surface area contributed by atoms with Crippen LogP contribution in [0.2, 0.25) is 0 Å². The molecule has 0 atom stereocenters. The van der Waals surface area contributed by atoms with Gasteiger partial charge in [-0.15, -0.1) is 0 Å². The van der Waals surface area contributed by atoms with Gasteiger partial charge in [0.05, 0.1) is 16.6 Å². The largest absolute Gasteiger partial charge is 0.326 e. The summed E-state index contributed by atoms with van der Waals surface area (Å²) in [6, 6.07) is 21.6. The van der Waals surface area contributed by atoms with Crippen LogP contribution in [0.4, 0.5) is 10.1 Å². The highest BCUT2D eigenvalue weighted by molar-refractivity contribution is 6.06. The Hall–Kier alpha value is -3.80. The lowest BCUT2D eigenvalue weighted by molar-refractivity contribution is -0.116. The number of rotatable bonds is 4. The van der Waals surface area contributed by atoms with Crippen molar-refractivity contribution in [3.8, 4) is 0 Å². The van der Waals surface area contributed by atoms with Gasteiger partial charge in [-0.25, -0.2) is 14.4 Å². The van der Waals surface area contributed by atoms with E-state index in [0.717, 1.165) is 33.1 Å². The Balaban J connectivity index is 1.51. The number of hydrogen-bond acceptors (Lipinski definition) is 3. The van der Waals surface area contributed by atoms with E-state index in [4.69, 9.17) is 9.97 Å². The molecule has 0 radical (unpaired) electrons. The molecule has 0 aliphatic carbocycles. The molecule has 0 aliphatic rings.